The lowest BCUT2D eigenvalue weighted by Gasteiger charge is -2.39. The number of aryl methyl sites for hydroxylation is 1. The first-order valence-corrected chi connectivity index (χ1v) is 12.6. The maximum Gasteiger partial charge on any atom is 0.252 e. The third kappa shape index (κ3) is 5.30. The Morgan fingerprint density at radius 2 is 1.72 bits per heavy atom. The Hall–Kier alpha value is -3.61. The summed E-state index contributed by atoms with van der Waals surface area (Å²) in [5, 5.41) is 17.4. The van der Waals surface area contributed by atoms with Crippen molar-refractivity contribution in [3.63, 3.8) is 0 Å². The fourth-order valence-electron chi connectivity index (χ4n) is 5.13. The highest BCUT2D eigenvalue weighted by Crippen LogP contribution is 2.34. The lowest BCUT2D eigenvalue weighted by molar-refractivity contribution is -0.881. The van der Waals surface area contributed by atoms with E-state index in [4.69, 9.17) is 4.98 Å². The average molecular weight is 484 g/mol. The van der Waals surface area contributed by atoms with Gasteiger partial charge in [0.05, 0.1) is 29.9 Å². The van der Waals surface area contributed by atoms with Gasteiger partial charge in [0, 0.05) is 35.9 Å². The van der Waals surface area contributed by atoms with E-state index in [2.05, 4.69) is 5.32 Å². The highest BCUT2D eigenvalue weighted by Gasteiger charge is 2.29. The van der Waals surface area contributed by atoms with Crippen LogP contribution < -0.4 is 5.32 Å². The van der Waals surface area contributed by atoms with E-state index in [1.165, 1.54) is 12.1 Å². The zero-order valence-corrected chi connectivity index (χ0v) is 20.3. The maximum absolute atomic E-state index is 13.7. The molecule has 184 valence electrons. The quantitative estimate of drug-likeness (QED) is 0.190. The zero-order chi connectivity index (χ0) is 25.0. The van der Waals surface area contributed by atoms with E-state index in [1.54, 1.807) is 6.07 Å². The number of carbonyl (C=O) groups is 1. The van der Waals surface area contributed by atoms with Gasteiger partial charge in [-0.3, -0.25) is 4.79 Å². The van der Waals surface area contributed by atoms with E-state index in [1.807, 2.05) is 60.7 Å². The Morgan fingerprint density at radius 1 is 0.972 bits per heavy atom. The van der Waals surface area contributed by atoms with Gasteiger partial charge in [-0.2, -0.15) is 0 Å². The smallest absolute Gasteiger partial charge is 0.252 e. The summed E-state index contributed by atoms with van der Waals surface area (Å²) in [5.41, 5.74) is 4.45. The topological polar surface area (TPSA) is 65.0 Å². The summed E-state index contributed by atoms with van der Waals surface area (Å²) in [5.74, 6) is -0.458. The molecular weight excluding hydrogens is 453 g/mol. The number of nitrogens with one attached hydrogen (secondary N) is 1. The molecular formula is C30H30FN3O2. The van der Waals surface area contributed by atoms with Gasteiger partial charge in [0.1, 0.15) is 12.4 Å². The first kappa shape index (κ1) is 24.1. The highest BCUT2D eigenvalue weighted by molar-refractivity contribution is 6.09. The highest BCUT2D eigenvalue weighted by atomic mass is 19.1. The van der Waals surface area contributed by atoms with Crippen LogP contribution in [0.15, 0.2) is 78.9 Å². The molecule has 4 aromatic rings. The summed E-state index contributed by atoms with van der Waals surface area (Å²) in [4.78, 5) is 18.6. The van der Waals surface area contributed by atoms with Gasteiger partial charge < -0.3 is 15.2 Å². The Balaban J connectivity index is 1.50. The lowest BCUT2D eigenvalue weighted by Crippen LogP contribution is -2.39. The molecule has 0 atom stereocenters. The maximum atomic E-state index is 13.7. The van der Waals surface area contributed by atoms with Crippen molar-refractivity contribution in [2.24, 2.45) is 0 Å². The number of quaternary nitrogens is 1. The zero-order valence-electron chi connectivity index (χ0n) is 20.3. The molecule has 1 aliphatic heterocycles. The Morgan fingerprint density at radius 3 is 2.50 bits per heavy atom. The van der Waals surface area contributed by atoms with Crippen LogP contribution in [0.2, 0.25) is 0 Å². The van der Waals surface area contributed by atoms with Crippen LogP contribution in [0.1, 0.15) is 40.7 Å². The number of likely N-dealkylation sites (tertiary alicyclic amines) is 1. The van der Waals surface area contributed by atoms with E-state index in [9.17, 15) is 14.4 Å². The Bertz CT molecular complexity index is 1370. The van der Waals surface area contributed by atoms with E-state index in [-0.39, 0.29) is 22.9 Å². The average Bonchev–Trinajstić information content (AvgIpc) is 3.32. The van der Waals surface area contributed by atoms with Gasteiger partial charge in [-0.05, 0) is 36.6 Å². The number of fused-ring (bicyclic) bond motifs is 1. The minimum Gasteiger partial charge on any atom is -0.633 e. The summed E-state index contributed by atoms with van der Waals surface area (Å²) in [6.45, 7) is 1.77. The molecule has 1 aliphatic rings. The summed E-state index contributed by atoms with van der Waals surface area (Å²) in [7, 11) is 0. The summed E-state index contributed by atoms with van der Waals surface area (Å²) < 4.78 is 13.2. The molecule has 0 bridgehead atoms. The number of amides is 1. The molecule has 1 fully saturated rings. The molecule has 0 radical (unpaired) electrons. The van der Waals surface area contributed by atoms with E-state index in [0.29, 0.717) is 49.3 Å². The standard InChI is InChI=1S/C30H30FN3O2/c31-24-14-8-10-22(20-24)11-9-17-32-30(35)28-25-15-4-5-16-27(25)33-29(23-12-2-1-3-13-23)26(28)21-34(36)18-6-7-19-34/h1-5,8,10,12-16,20H,6-7,9,11,17-19,21H2,(H,32,35). The van der Waals surface area contributed by atoms with E-state index >= 15 is 0 Å². The second-order valence-corrected chi connectivity index (χ2v) is 9.56. The predicted octanol–water partition coefficient (Wildman–Crippen LogP) is 6.01. The number of halogens is 1. The van der Waals surface area contributed by atoms with Gasteiger partial charge in [0.25, 0.3) is 5.91 Å². The van der Waals surface area contributed by atoms with Crippen molar-refractivity contribution in [2.75, 3.05) is 19.6 Å². The number of pyridine rings is 1. The second kappa shape index (κ2) is 10.6. The fraction of sp³-hybridized carbons (Fsp3) is 0.267. The van der Waals surface area contributed by atoms with Crippen molar-refractivity contribution < 1.29 is 13.8 Å². The van der Waals surface area contributed by atoms with Crippen LogP contribution in [-0.4, -0.2) is 35.2 Å². The molecule has 1 amide bonds. The van der Waals surface area contributed by atoms with Crippen LogP contribution in [0, 0.1) is 11.0 Å². The van der Waals surface area contributed by atoms with Crippen molar-refractivity contribution in [3.8, 4) is 11.3 Å². The lowest BCUT2D eigenvalue weighted by atomic mass is 9.95. The van der Waals surface area contributed by atoms with Crippen LogP contribution >= 0.6 is 0 Å². The monoisotopic (exact) mass is 483 g/mol. The number of hydrogen-bond donors (Lipinski definition) is 1. The molecule has 0 saturated carbocycles. The SMILES string of the molecule is O=C(NCCCc1cccc(F)c1)c1c(C[N+]2([O-])CCCC2)c(-c2ccccc2)nc2ccccc12. The van der Waals surface area contributed by atoms with Gasteiger partial charge >= 0.3 is 0 Å². The summed E-state index contributed by atoms with van der Waals surface area (Å²) in [6.07, 6.45) is 3.14. The first-order chi connectivity index (χ1) is 17.5. The minimum absolute atomic E-state index is 0.203. The van der Waals surface area contributed by atoms with Crippen LogP contribution in [0.5, 0.6) is 0 Å². The van der Waals surface area contributed by atoms with Crippen molar-refractivity contribution in [1.29, 1.82) is 0 Å². The summed E-state index contributed by atoms with van der Waals surface area (Å²) >= 11 is 0. The minimum atomic E-state index is -0.334. The van der Waals surface area contributed by atoms with Crippen LogP contribution in [0.25, 0.3) is 22.2 Å². The van der Waals surface area contributed by atoms with Crippen LogP contribution in [0.3, 0.4) is 0 Å². The molecule has 5 rings (SSSR count). The van der Waals surface area contributed by atoms with Crippen molar-refractivity contribution >= 4 is 16.8 Å². The van der Waals surface area contributed by atoms with E-state index in [0.717, 1.165) is 34.9 Å². The molecule has 6 heteroatoms. The van der Waals surface area contributed by atoms with Gasteiger partial charge in [0.2, 0.25) is 0 Å². The summed E-state index contributed by atoms with van der Waals surface area (Å²) in [6, 6.07) is 23.9. The Labute approximate surface area is 210 Å². The van der Waals surface area contributed by atoms with E-state index < -0.39 is 0 Å². The van der Waals surface area contributed by atoms with Gasteiger partial charge in [-0.15, -0.1) is 0 Å². The van der Waals surface area contributed by atoms with Crippen molar-refractivity contribution in [1.82, 2.24) is 10.3 Å². The van der Waals surface area contributed by atoms with Crippen molar-refractivity contribution in [3.05, 3.63) is 107 Å². The first-order valence-electron chi connectivity index (χ1n) is 12.6. The number of aromatic nitrogens is 1. The number of para-hydroxylation sites is 1. The number of hydrogen-bond acceptors (Lipinski definition) is 3. The molecule has 1 aromatic heterocycles. The predicted molar refractivity (Wildman–Crippen MR) is 141 cm³/mol. The molecule has 2 heterocycles. The number of benzene rings is 3. The van der Waals surface area contributed by atoms with Gasteiger partial charge in [-0.1, -0.05) is 60.7 Å². The molecule has 0 unspecified atom stereocenters. The number of hydroxylamine groups is 3. The Kier molecular flexibility index (Phi) is 7.07. The largest absolute Gasteiger partial charge is 0.633 e. The number of nitrogens with zero attached hydrogens (tertiary/aromatic N) is 2. The normalized spacial score (nSPS) is 14.7. The molecule has 3 aromatic carbocycles. The van der Waals surface area contributed by atoms with Crippen molar-refractivity contribution in [2.45, 2.75) is 32.2 Å². The molecule has 5 nitrogen and oxygen atoms in total. The molecule has 1 saturated heterocycles. The second-order valence-electron chi connectivity index (χ2n) is 9.56. The molecule has 0 aliphatic carbocycles. The molecule has 36 heavy (non-hydrogen) atoms. The third-order valence-corrected chi connectivity index (χ3v) is 6.91. The third-order valence-electron chi connectivity index (χ3n) is 6.91. The molecule has 1 N–H and O–H groups in total. The fourth-order valence-corrected chi connectivity index (χ4v) is 5.13. The number of rotatable bonds is 8. The molecule has 0 spiro atoms. The number of carbonyl (C=O) groups excluding carboxylic acids is 1. The van der Waals surface area contributed by atoms with Gasteiger partial charge in [-0.25, -0.2) is 9.37 Å². The van der Waals surface area contributed by atoms with Gasteiger partial charge in [0.15, 0.2) is 0 Å². The van der Waals surface area contributed by atoms with Crippen LogP contribution in [0.4, 0.5) is 4.39 Å². The van der Waals surface area contributed by atoms with Crippen LogP contribution in [-0.2, 0) is 13.0 Å².